The first kappa shape index (κ1) is 17.2. The summed E-state index contributed by atoms with van der Waals surface area (Å²) in [5.74, 6) is 1.31. The van der Waals surface area contributed by atoms with Crippen LogP contribution in [0.1, 0.15) is 42.1 Å². The van der Waals surface area contributed by atoms with E-state index in [9.17, 15) is 4.79 Å². The lowest BCUT2D eigenvalue weighted by Crippen LogP contribution is -2.14. The van der Waals surface area contributed by atoms with Gasteiger partial charge in [0.25, 0.3) is 5.91 Å². The van der Waals surface area contributed by atoms with Gasteiger partial charge in [0, 0.05) is 5.92 Å². The Morgan fingerprint density at radius 2 is 1.74 bits per heavy atom. The molecule has 2 rings (SSSR count). The minimum absolute atomic E-state index is 0.291. The normalized spacial score (nSPS) is 12.1. The monoisotopic (exact) mass is 335 g/mol. The van der Waals surface area contributed by atoms with Gasteiger partial charge in [-0.05, 0) is 18.1 Å². The summed E-state index contributed by atoms with van der Waals surface area (Å²) >= 11 is 1.38. The van der Waals surface area contributed by atoms with Gasteiger partial charge in [0.2, 0.25) is 5.13 Å². The lowest BCUT2D eigenvalue weighted by molar-refractivity contribution is 0.102. The molecule has 0 aliphatic carbocycles. The Kier molecular flexibility index (Phi) is 5.54. The molecule has 1 aromatic carbocycles. The van der Waals surface area contributed by atoms with E-state index in [4.69, 9.17) is 9.47 Å². The topological polar surface area (TPSA) is 73.3 Å². The van der Waals surface area contributed by atoms with Crippen molar-refractivity contribution in [3.05, 3.63) is 28.8 Å². The smallest absolute Gasteiger partial charge is 0.265 e. The Morgan fingerprint density at radius 3 is 2.26 bits per heavy atom. The molecule has 7 heteroatoms. The summed E-state index contributed by atoms with van der Waals surface area (Å²) < 4.78 is 10.5. The highest BCUT2D eigenvalue weighted by atomic mass is 32.1. The van der Waals surface area contributed by atoms with E-state index in [0.29, 0.717) is 34.0 Å². The van der Waals surface area contributed by atoms with Crippen LogP contribution in [0, 0.1) is 5.92 Å². The van der Waals surface area contributed by atoms with E-state index < -0.39 is 0 Å². The van der Waals surface area contributed by atoms with Gasteiger partial charge in [0.1, 0.15) is 22.1 Å². The number of benzene rings is 1. The molecule has 1 amide bonds. The molecular weight excluding hydrogens is 314 g/mol. The first-order valence-corrected chi connectivity index (χ1v) is 8.15. The molecule has 0 saturated heterocycles. The van der Waals surface area contributed by atoms with Crippen molar-refractivity contribution in [1.82, 2.24) is 10.2 Å². The molecule has 0 saturated carbocycles. The van der Waals surface area contributed by atoms with Crippen LogP contribution in [0.25, 0.3) is 0 Å². The van der Waals surface area contributed by atoms with Crippen molar-refractivity contribution in [2.24, 2.45) is 5.92 Å². The molecule has 0 aliphatic rings. The number of carbonyl (C=O) groups excluding carboxylic acids is 1. The molecule has 1 aromatic heterocycles. The van der Waals surface area contributed by atoms with Gasteiger partial charge in [-0.25, -0.2) is 0 Å². The number of amides is 1. The molecule has 124 valence electrons. The number of nitrogens with one attached hydrogen (secondary N) is 1. The summed E-state index contributed by atoms with van der Waals surface area (Å²) in [6.45, 7) is 6.36. The summed E-state index contributed by atoms with van der Waals surface area (Å²) in [4.78, 5) is 12.6. The van der Waals surface area contributed by atoms with Gasteiger partial charge in [0.05, 0.1) is 14.2 Å². The Labute approximate surface area is 139 Å². The predicted molar refractivity (Wildman–Crippen MR) is 90.7 cm³/mol. The van der Waals surface area contributed by atoms with Crippen molar-refractivity contribution in [3.63, 3.8) is 0 Å². The summed E-state index contributed by atoms with van der Waals surface area (Å²) in [5.41, 5.74) is 0.339. The fraction of sp³-hybridized carbons (Fsp3) is 0.438. The molecule has 1 heterocycles. The third-order valence-corrected chi connectivity index (χ3v) is 4.75. The molecule has 2 aromatic rings. The number of ether oxygens (including phenoxy) is 2. The van der Waals surface area contributed by atoms with Gasteiger partial charge in [-0.3, -0.25) is 10.1 Å². The lowest BCUT2D eigenvalue weighted by atomic mass is 9.99. The van der Waals surface area contributed by atoms with Crippen LogP contribution >= 0.6 is 11.3 Å². The molecule has 0 radical (unpaired) electrons. The zero-order chi connectivity index (χ0) is 17.0. The number of hydrogen-bond donors (Lipinski definition) is 1. The highest BCUT2D eigenvalue weighted by Gasteiger charge is 2.21. The van der Waals surface area contributed by atoms with Crippen LogP contribution in [0.5, 0.6) is 11.5 Å². The van der Waals surface area contributed by atoms with Gasteiger partial charge < -0.3 is 9.47 Å². The van der Waals surface area contributed by atoms with Crippen LogP contribution in [-0.2, 0) is 0 Å². The summed E-state index contributed by atoms with van der Waals surface area (Å²) in [7, 11) is 3.03. The summed E-state index contributed by atoms with van der Waals surface area (Å²) in [6, 6.07) is 5.19. The second kappa shape index (κ2) is 7.41. The number of anilines is 1. The van der Waals surface area contributed by atoms with E-state index in [-0.39, 0.29) is 5.91 Å². The Balaban J connectivity index is 2.23. The second-order valence-electron chi connectivity index (χ2n) is 5.47. The maximum absolute atomic E-state index is 12.6. The van der Waals surface area contributed by atoms with Crippen LogP contribution in [0.2, 0.25) is 0 Å². The van der Waals surface area contributed by atoms with E-state index in [1.807, 2.05) is 0 Å². The quantitative estimate of drug-likeness (QED) is 0.873. The molecular formula is C16H21N3O3S. The van der Waals surface area contributed by atoms with E-state index in [1.165, 1.54) is 25.6 Å². The SMILES string of the molecule is COc1cccc(OC)c1C(=O)Nc1nnc(C(C)C(C)C)s1. The average molecular weight is 335 g/mol. The van der Waals surface area contributed by atoms with Crippen LogP contribution < -0.4 is 14.8 Å². The Bertz CT molecular complexity index is 663. The Hall–Kier alpha value is -2.15. The number of methoxy groups -OCH3 is 2. The van der Waals surface area contributed by atoms with E-state index in [0.717, 1.165) is 5.01 Å². The maximum Gasteiger partial charge on any atom is 0.265 e. The molecule has 0 aliphatic heterocycles. The number of nitrogens with zero attached hydrogens (tertiary/aromatic N) is 2. The maximum atomic E-state index is 12.6. The van der Waals surface area contributed by atoms with Crippen molar-refractivity contribution in [2.75, 3.05) is 19.5 Å². The molecule has 1 N–H and O–H groups in total. The fourth-order valence-electron chi connectivity index (χ4n) is 1.99. The van der Waals surface area contributed by atoms with Crippen molar-refractivity contribution in [1.29, 1.82) is 0 Å². The van der Waals surface area contributed by atoms with Gasteiger partial charge in [-0.15, -0.1) is 10.2 Å². The van der Waals surface area contributed by atoms with Gasteiger partial charge in [-0.2, -0.15) is 0 Å². The molecule has 0 fully saturated rings. The van der Waals surface area contributed by atoms with E-state index in [1.54, 1.807) is 18.2 Å². The zero-order valence-corrected chi connectivity index (χ0v) is 14.7. The number of aromatic nitrogens is 2. The highest BCUT2D eigenvalue weighted by Crippen LogP contribution is 2.31. The molecule has 23 heavy (non-hydrogen) atoms. The Morgan fingerprint density at radius 1 is 1.13 bits per heavy atom. The van der Waals surface area contributed by atoms with Gasteiger partial charge >= 0.3 is 0 Å². The lowest BCUT2D eigenvalue weighted by Gasteiger charge is -2.12. The van der Waals surface area contributed by atoms with E-state index in [2.05, 4.69) is 36.3 Å². The van der Waals surface area contributed by atoms with E-state index >= 15 is 0 Å². The zero-order valence-electron chi connectivity index (χ0n) is 13.9. The highest BCUT2D eigenvalue weighted by molar-refractivity contribution is 7.15. The van der Waals surface area contributed by atoms with Crippen molar-refractivity contribution < 1.29 is 14.3 Å². The summed E-state index contributed by atoms with van der Waals surface area (Å²) in [6.07, 6.45) is 0. The predicted octanol–water partition coefficient (Wildman–Crippen LogP) is 3.57. The number of carbonyl (C=O) groups is 1. The van der Waals surface area contributed by atoms with Crippen LogP contribution in [-0.4, -0.2) is 30.3 Å². The van der Waals surface area contributed by atoms with Crippen molar-refractivity contribution in [2.45, 2.75) is 26.7 Å². The minimum Gasteiger partial charge on any atom is -0.496 e. The summed E-state index contributed by atoms with van der Waals surface area (Å²) in [5, 5.41) is 12.3. The molecule has 1 atom stereocenters. The molecule has 0 spiro atoms. The largest absolute Gasteiger partial charge is 0.496 e. The second-order valence-corrected chi connectivity index (χ2v) is 6.48. The number of hydrogen-bond acceptors (Lipinski definition) is 6. The van der Waals surface area contributed by atoms with Gasteiger partial charge in [0.15, 0.2) is 0 Å². The third kappa shape index (κ3) is 3.79. The molecule has 0 bridgehead atoms. The van der Waals surface area contributed by atoms with Crippen LogP contribution in [0.15, 0.2) is 18.2 Å². The first-order valence-electron chi connectivity index (χ1n) is 7.33. The van der Waals surface area contributed by atoms with Crippen molar-refractivity contribution >= 4 is 22.4 Å². The number of rotatable bonds is 6. The first-order chi connectivity index (χ1) is 11.0. The fourth-order valence-corrected chi connectivity index (χ4v) is 2.95. The van der Waals surface area contributed by atoms with Crippen molar-refractivity contribution in [3.8, 4) is 11.5 Å². The average Bonchev–Trinajstić information content (AvgIpc) is 3.01. The molecule has 1 unspecified atom stereocenters. The standard InChI is InChI=1S/C16H21N3O3S/c1-9(2)10(3)15-18-19-16(23-15)17-14(20)13-11(21-4)7-6-8-12(13)22-5/h6-10H,1-5H3,(H,17,19,20). The third-order valence-electron chi connectivity index (χ3n) is 3.71. The van der Waals surface area contributed by atoms with Crippen LogP contribution in [0.3, 0.4) is 0 Å². The van der Waals surface area contributed by atoms with Gasteiger partial charge in [-0.1, -0.05) is 38.2 Å². The minimum atomic E-state index is -0.334. The van der Waals surface area contributed by atoms with Crippen LogP contribution in [0.4, 0.5) is 5.13 Å². The molecule has 6 nitrogen and oxygen atoms in total.